The van der Waals surface area contributed by atoms with Crippen molar-refractivity contribution in [1.82, 2.24) is 9.97 Å². The minimum atomic E-state index is -0.330. The first-order valence-electron chi connectivity index (χ1n) is 12.9. The molecular formula is C29H26Br2N6O2. The van der Waals surface area contributed by atoms with Crippen LogP contribution in [0.1, 0.15) is 25.7 Å². The number of hydrogen-bond donors (Lipinski definition) is 1. The molecule has 2 saturated carbocycles. The van der Waals surface area contributed by atoms with Crippen LogP contribution in [-0.2, 0) is 9.59 Å². The molecule has 4 heterocycles. The average molecular weight is 650 g/mol. The van der Waals surface area contributed by atoms with Crippen LogP contribution >= 0.6 is 31.9 Å². The number of aromatic nitrogens is 2. The lowest BCUT2D eigenvalue weighted by Crippen LogP contribution is -2.52. The Morgan fingerprint density at radius 2 is 1.31 bits per heavy atom. The summed E-state index contributed by atoms with van der Waals surface area (Å²) in [5.74, 6) is 0.280. The monoisotopic (exact) mass is 648 g/mol. The number of pyridine rings is 2. The second-order valence-corrected chi connectivity index (χ2v) is 12.7. The molecule has 4 aliphatic rings. The predicted octanol–water partition coefficient (Wildman–Crippen LogP) is 5.86. The molecule has 0 radical (unpaired) electrons. The fraction of sp³-hybridized carbons (Fsp3) is 0.310. The van der Waals surface area contributed by atoms with Crippen LogP contribution in [-0.4, -0.2) is 54.0 Å². The summed E-state index contributed by atoms with van der Waals surface area (Å²) in [7, 11) is 5.88. The molecule has 39 heavy (non-hydrogen) atoms. The van der Waals surface area contributed by atoms with Crippen LogP contribution < -0.4 is 20.0 Å². The minimum absolute atomic E-state index is 0.0960. The van der Waals surface area contributed by atoms with Crippen LogP contribution in [0.15, 0.2) is 57.7 Å². The number of nitrogens with zero attached hydrogens (tertiary/aromatic N) is 5. The lowest BCUT2D eigenvalue weighted by atomic mass is 10.0. The number of carbonyl (C=O) groups excluding carboxylic acids is 2. The van der Waals surface area contributed by atoms with Crippen LogP contribution in [0, 0.1) is 0 Å². The molecule has 198 valence electrons. The number of carbonyl (C=O) groups is 2. The maximum Gasteiger partial charge on any atom is 0.252 e. The van der Waals surface area contributed by atoms with Crippen molar-refractivity contribution in [3.8, 4) is 0 Å². The number of amides is 2. The van der Waals surface area contributed by atoms with E-state index >= 15 is 0 Å². The van der Waals surface area contributed by atoms with Crippen molar-refractivity contribution in [2.45, 2.75) is 36.8 Å². The molecule has 8 nitrogen and oxygen atoms in total. The van der Waals surface area contributed by atoms with Crippen LogP contribution in [0.25, 0.3) is 21.8 Å². The third-order valence-corrected chi connectivity index (χ3v) is 9.71. The summed E-state index contributed by atoms with van der Waals surface area (Å²) < 4.78 is 2.04. The zero-order valence-electron chi connectivity index (χ0n) is 21.8. The smallest absolute Gasteiger partial charge is 0.252 e. The number of rotatable bonds is 0. The molecule has 8 rings (SSSR count). The molecule has 2 aliphatic carbocycles. The normalized spacial score (nSPS) is 19.6. The lowest BCUT2D eigenvalue weighted by molar-refractivity contribution is -0.120. The van der Waals surface area contributed by atoms with Gasteiger partial charge in [-0.2, -0.15) is 0 Å². The van der Waals surface area contributed by atoms with E-state index < -0.39 is 0 Å². The van der Waals surface area contributed by atoms with Crippen LogP contribution in [0.4, 0.5) is 22.7 Å². The van der Waals surface area contributed by atoms with Crippen molar-refractivity contribution in [3.63, 3.8) is 0 Å². The van der Waals surface area contributed by atoms with E-state index in [0.29, 0.717) is 0 Å². The first-order valence-corrected chi connectivity index (χ1v) is 14.5. The van der Waals surface area contributed by atoms with Crippen molar-refractivity contribution in [1.29, 1.82) is 0 Å². The number of anilines is 4. The van der Waals surface area contributed by atoms with Crippen molar-refractivity contribution < 1.29 is 9.59 Å². The van der Waals surface area contributed by atoms with Crippen LogP contribution in [0.5, 0.6) is 0 Å². The fourth-order valence-electron chi connectivity index (χ4n) is 6.07. The molecule has 2 spiro atoms. The second-order valence-electron chi connectivity index (χ2n) is 10.8. The third-order valence-electron chi connectivity index (χ3n) is 8.72. The molecule has 2 aromatic heterocycles. The van der Waals surface area contributed by atoms with Gasteiger partial charge in [-0.15, -0.1) is 0 Å². The van der Waals surface area contributed by atoms with Gasteiger partial charge < -0.3 is 20.0 Å². The Kier molecular flexibility index (Phi) is 5.32. The molecule has 1 N–H and O–H groups in total. The van der Waals surface area contributed by atoms with Crippen molar-refractivity contribution in [2.75, 3.05) is 41.2 Å². The topological polar surface area (TPSA) is 81.7 Å². The van der Waals surface area contributed by atoms with E-state index in [1.54, 1.807) is 17.3 Å². The van der Waals surface area contributed by atoms with E-state index in [9.17, 15) is 9.59 Å². The lowest BCUT2D eigenvalue weighted by Gasteiger charge is -2.40. The number of fused-ring (bicyclic) bond motifs is 6. The molecule has 2 aromatic carbocycles. The molecule has 10 heteroatoms. The van der Waals surface area contributed by atoms with E-state index in [-0.39, 0.29) is 22.9 Å². The van der Waals surface area contributed by atoms with E-state index in [1.165, 1.54) is 0 Å². The second kappa shape index (κ2) is 8.38. The van der Waals surface area contributed by atoms with Crippen molar-refractivity contribution in [2.24, 2.45) is 0 Å². The van der Waals surface area contributed by atoms with Gasteiger partial charge in [0.05, 0.1) is 46.2 Å². The molecule has 2 amide bonds. The Hall–Kier alpha value is -3.24. The Labute approximate surface area is 242 Å². The van der Waals surface area contributed by atoms with Gasteiger partial charge in [-0.3, -0.25) is 19.6 Å². The molecule has 2 aliphatic heterocycles. The summed E-state index contributed by atoms with van der Waals surface area (Å²) >= 11 is 7.03. The maximum atomic E-state index is 12.5. The van der Waals surface area contributed by atoms with E-state index in [4.69, 9.17) is 0 Å². The van der Waals surface area contributed by atoms with Gasteiger partial charge in [0.15, 0.2) is 0 Å². The maximum absolute atomic E-state index is 12.5. The van der Waals surface area contributed by atoms with Gasteiger partial charge in [0.2, 0.25) is 5.91 Å². The highest BCUT2D eigenvalue weighted by Crippen LogP contribution is 2.53. The van der Waals surface area contributed by atoms with Gasteiger partial charge in [0.25, 0.3) is 5.91 Å². The molecule has 0 atom stereocenters. The standard InChI is InChI=1S/C15H14BrN3O.C14H12BrN3O/c1-18-12-8-17-11-4-3-9(16)7-10(11)13(12)19(2)15(5-6-15)14(18)20;1-18-12-9-6-8(15)2-3-10(9)16-7-11(12)17-13(19)14(18)4-5-14/h3-4,7-8H,5-6H2,1-2H3;2-3,6-7H,4-5H2,1H3,(H,17,19). The quantitative estimate of drug-likeness (QED) is 0.257. The Morgan fingerprint density at radius 3 is 1.90 bits per heavy atom. The Balaban J connectivity index is 0.000000130. The minimum Gasteiger partial charge on any atom is -0.358 e. The van der Waals surface area contributed by atoms with Gasteiger partial charge in [-0.1, -0.05) is 31.9 Å². The highest BCUT2D eigenvalue weighted by atomic mass is 79.9. The number of nitrogens with one attached hydrogen (secondary N) is 1. The molecule has 2 fully saturated rings. The van der Waals surface area contributed by atoms with Gasteiger partial charge in [0, 0.05) is 40.9 Å². The Morgan fingerprint density at radius 1 is 0.769 bits per heavy atom. The molecule has 0 unspecified atom stereocenters. The highest BCUT2D eigenvalue weighted by molar-refractivity contribution is 9.10. The third kappa shape index (κ3) is 3.53. The van der Waals surface area contributed by atoms with Gasteiger partial charge in [-0.25, -0.2) is 0 Å². The van der Waals surface area contributed by atoms with Gasteiger partial charge in [-0.05, 0) is 62.1 Å². The van der Waals surface area contributed by atoms with E-state index in [0.717, 1.165) is 79.2 Å². The van der Waals surface area contributed by atoms with Crippen LogP contribution in [0.3, 0.4) is 0 Å². The zero-order chi connectivity index (χ0) is 27.3. The summed E-state index contributed by atoms with van der Waals surface area (Å²) in [6.07, 6.45) is 7.26. The largest absolute Gasteiger partial charge is 0.358 e. The summed E-state index contributed by atoms with van der Waals surface area (Å²) in [6, 6.07) is 12.1. The summed E-state index contributed by atoms with van der Waals surface area (Å²) in [5, 5.41) is 5.15. The molecule has 0 bridgehead atoms. The van der Waals surface area contributed by atoms with Crippen molar-refractivity contribution in [3.05, 3.63) is 57.7 Å². The fourth-order valence-corrected chi connectivity index (χ4v) is 6.80. The summed E-state index contributed by atoms with van der Waals surface area (Å²) in [4.78, 5) is 39.6. The number of benzene rings is 2. The first-order chi connectivity index (χ1) is 18.7. The van der Waals surface area contributed by atoms with Gasteiger partial charge in [0.1, 0.15) is 11.1 Å². The number of halogens is 2. The Bertz CT molecular complexity index is 1730. The summed E-state index contributed by atoms with van der Waals surface area (Å²) in [6.45, 7) is 0. The van der Waals surface area contributed by atoms with E-state index in [2.05, 4.69) is 69.1 Å². The molecule has 0 saturated heterocycles. The van der Waals surface area contributed by atoms with Gasteiger partial charge >= 0.3 is 0 Å². The average Bonchev–Trinajstić information content (AvgIpc) is 3.85. The molecular weight excluding hydrogens is 624 g/mol. The first kappa shape index (κ1) is 24.8. The van der Waals surface area contributed by atoms with Crippen LogP contribution in [0.2, 0.25) is 0 Å². The molecule has 4 aromatic rings. The number of hydrogen-bond acceptors (Lipinski definition) is 6. The van der Waals surface area contributed by atoms with E-state index in [1.807, 2.05) is 45.4 Å². The predicted molar refractivity (Wildman–Crippen MR) is 162 cm³/mol. The number of likely N-dealkylation sites (N-methyl/N-ethyl adjacent to an activating group) is 3. The highest BCUT2D eigenvalue weighted by Gasteiger charge is 2.58. The SMILES string of the molecule is CN1C(=O)C2(CC2)N(C)c2c1cnc1ccc(Br)cc21.CN1c2c(cnc3ccc(Br)cc23)NC(=O)C12CC2. The zero-order valence-corrected chi connectivity index (χ0v) is 24.9. The summed E-state index contributed by atoms with van der Waals surface area (Å²) in [5.41, 5.74) is 5.12. The van der Waals surface area contributed by atoms with Crippen molar-refractivity contribution >= 4 is 88.2 Å².